The summed E-state index contributed by atoms with van der Waals surface area (Å²) >= 11 is 0. The molecule has 0 amide bonds. The van der Waals surface area contributed by atoms with Gasteiger partial charge in [-0.25, -0.2) is 0 Å². The fourth-order valence-corrected chi connectivity index (χ4v) is 2.51. The monoisotopic (exact) mass is 604 g/mol. The van der Waals surface area contributed by atoms with Crippen molar-refractivity contribution in [3.8, 4) is 0 Å². The van der Waals surface area contributed by atoms with E-state index in [1.54, 1.807) is 0 Å². The zero-order valence-corrected chi connectivity index (χ0v) is 29.3. The fourth-order valence-electron chi connectivity index (χ4n) is 2.51. The molecule has 0 bridgehead atoms. The number of allylic oxidation sites excluding steroid dienone is 6. The van der Waals surface area contributed by atoms with E-state index in [0.717, 1.165) is 0 Å². The van der Waals surface area contributed by atoms with Gasteiger partial charge in [0.1, 0.15) is 11.5 Å². The van der Waals surface area contributed by atoms with E-state index >= 15 is 0 Å². The average Bonchev–Trinajstić information content (AvgIpc) is 2.64. The van der Waals surface area contributed by atoms with Crippen molar-refractivity contribution in [1.29, 1.82) is 0 Å². The van der Waals surface area contributed by atoms with Crippen LogP contribution in [0.25, 0.3) is 0 Å². The number of carbonyl (C=O) groups is 3. The molecular formula is C33H60CrO6. The molecule has 0 aromatic heterocycles. The van der Waals surface area contributed by atoms with Crippen molar-refractivity contribution in [1.82, 2.24) is 0 Å². The predicted molar refractivity (Wildman–Crippen MR) is 164 cm³/mol. The van der Waals surface area contributed by atoms with Crippen molar-refractivity contribution in [2.24, 2.45) is 34.0 Å². The molecule has 234 valence electrons. The third-order valence-electron chi connectivity index (χ3n) is 5.01. The first-order valence-corrected chi connectivity index (χ1v) is 14.0. The van der Waals surface area contributed by atoms with Gasteiger partial charge in [-0.1, -0.05) is 104 Å². The van der Waals surface area contributed by atoms with Crippen LogP contribution in [0.3, 0.4) is 0 Å². The molecule has 0 aliphatic rings. The second-order valence-electron chi connectivity index (χ2n) is 14.5. The third kappa shape index (κ3) is 27.7. The van der Waals surface area contributed by atoms with Crippen LogP contribution in [0, 0.1) is 34.0 Å². The van der Waals surface area contributed by atoms with Gasteiger partial charge < -0.3 is 15.3 Å². The van der Waals surface area contributed by atoms with Crippen LogP contribution in [0.2, 0.25) is 0 Å². The number of hydrogen-bond acceptors (Lipinski definition) is 6. The van der Waals surface area contributed by atoms with E-state index in [-0.39, 0.29) is 62.8 Å². The van der Waals surface area contributed by atoms with E-state index in [1.807, 2.05) is 104 Å². The van der Waals surface area contributed by atoms with Gasteiger partial charge in [0, 0.05) is 71.1 Å². The molecule has 0 rings (SSSR count). The Bertz CT molecular complexity index is 807. The van der Waals surface area contributed by atoms with Crippen LogP contribution in [0.15, 0.2) is 35.5 Å². The van der Waals surface area contributed by atoms with Crippen molar-refractivity contribution < 1.29 is 47.1 Å². The first kappa shape index (κ1) is 45.2. The first-order chi connectivity index (χ1) is 17.2. The summed E-state index contributed by atoms with van der Waals surface area (Å²) in [5, 5.41) is 28.4. The Morgan fingerprint density at radius 2 is 0.800 bits per heavy atom. The Morgan fingerprint density at radius 1 is 0.525 bits per heavy atom. The van der Waals surface area contributed by atoms with E-state index in [9.17, 15) is 29.7 Å². The van der Waals surface area contributed by atoms with E-state index in [2.05, 4.69) is 0 Å². The largest absolute Gasteiger partial charge is 0.512 e. The van der Waals surface area contributed by atoms with Crippen LogP contribution in [0.4, 0.5) is 0 Å². The zero-order valence-electron chi connectivity index (χ0n) is 28.1. The second-order valence-corrected chi connectivity index (χ2v) is 14.5. The molecule has 0 unspecified atom stereocenters. The average molecular weight is 605 g/mol. The van der Waals surface area contributed by atoms with Crippen molar-refractivity contribution in [2.45, 2.75) is 123 Å². The predicted octanol–water partition coefficient (Wildman–Crippen LogP) is 9.27. The summed E-state index contributed by atoms with van der Waals surface area (Å²) in [5.41, 5.74) is -1.05. The molecule has 0 aromatic rings. The molecular weight excluding hydrogens is 544 g/mol. The third-order valence-corrected chi connectivity index (χ3v) is 5.01. The molecule has 0 radical (unpaired) electrons. The summed E-state index contributed by atoms with van der Waals surface area (Å²) in [7, 11) is 0. The molecule has 0 heterocycles. The molecule has 0 saturated heterocycles. The molecule has 40 heavy (non-hydrogen) atoms. The van der Waals surface area contributed by atoms with Crippen molar-refractivity contribution in [3.05, 3.63) is 35.5 Å². The van der Waals surface area contributed by atoms with Crippen LogP contribution in [-0.2, 0) is 31.7 Å². The molecule has 0 fully saturated rings. The Kier molecular flexibility index (Phi) is 22.7. The van der Waals surface area contributed by atoms with Crippen molar-refractivity contribution in [2.75, 3.05) is 0 Å². The summed E-state index contributed by atoms with van der Waals surface area (Å²) < 4.78 is 0. The van der Waals surface area contributed by atoms with Crippen LogP contribution < -0.4 is 0 Å². The number of hydrogen-bond donors (Lipinski definition) is 3. The minimum Gasteiger partial charge on any atom is -0.512 e. The van der Waals surface area contributed by atoms with Gasteiger partial charge in [-0.3, -0.25) is 14.4 Å². The van der Waals surface area contributed by atoms with Gasteiger partial charge in [-0.15, -0.1) is 0 Å². The second kappa shape index (κ2) is 20.1. The summed E-state index contributed by atoms with van der Waals surface area (Å²) in [6, 6.07) is 0. The van der Waals surface area contributed by atoms with Gasteiger partial charge in [0.15, 0.2) is 17.3 Å². The molecule has 0 aliphatic heterocycles. The van der Waals surface area contributed by atoms with E-state index < -0.39 is 5.41 Å². The number of ketones is 3. The van der Waals surface area contributed by atoms with E-state index in [4.69, 9.17) is 0 Å². The van der Waals surface area contributed by atoms with Crippen LogP contribution in [0.1, 0.15) is 123 Å². The van der Waals surface area contributed by atoms with Gasteiger partial charge in [0.2, 0.25) is 0 Å². The van der Waals surface area contributed by atoms with Crippen LogP contribution >= 0.6 is 0 Å². The molecule has 6 nitrogen and oxygen atoms in total. The Morgan fingerprint density at radius 3 is 1.00 bits per heavy atom. The van der Waals surface area contributed by atoms with Gasteiger partial charge in [0.05, 0.1) is 5.76 Å². The smallest absolute Gasteiger partial charge is 0.164 e. The van der Waals surface area contributed by atoms with Gasteiger partial charge in [-0.05, 0) is 17.8 Å². The normalized spacial score (nSPS) is 13.2. The minimum absolute atomic E-state index is 0. The van der Waals surface area contributed by atoms with Gasteiger partial charge in [0.25, 0.3) is 0 Å². The molecule has 0 atom stereocenters. The maximum Gasteiger partial charge on any atom is 0.164 e. The molecule has 3 N–H and O–H groups in total. The topological polar surface area (TPSA) is 112 Å². The van der Waals surface area contributed by atoms with Crippen LogP contribution in [-0.4, -0.2) is 32.7 Å². The molecule has 0 saturated carbocycles. The van der Waals surface area contributed by atoms with E-state index in [0.29, 0.717) is 37.0 Å². The van der Waals surface area contributed by atoms with Crippen LogP contribution in [0.5, 0.6) is 0 Å². The molecule has 0 aliphatic carbocycles. The number of aliphatic hydroxyl groups is 3. The molecule has 0 spiro atoms. The Labute approximate surface area is 256 Å². The van der Waals surface area contributed by atoms with Gasteiger partial charge >= 0.3 is 0 Å². The minimum atomic E-state index is -0.398. The summed E-state index contributed by atoms with van der Waals surface area (Å²) in [6.45, 7) is 28.7. The number of rotatable bonds is 9. The SMILES string of the molecule is CC(C)C/C(O)=C/C(=O)C(C)(C)C.CC(C)CC(=O)/C=C(\O)C(C)(C)C.CC(C)CC(=O)/C=C(\O)C(C)(C)C.[Cr]. The number of aliphatic hydroxyl groups excluding tert-OH is 3. The Hall–Kier alpha value is -1.84. The zero-order chi connectivity index (χ0) is 31.9. The number of carbonyl (C=O) groups excluding carboxylic acids is 3. The summed E-state index contributed by atoms with van der Waals surface area (Å²) in [4.78, 5) is 34.0. The van der Waals surface area contributed by atoms with Crippen molar-refractivity contribution >= 4 is 17.3 Å². The summed E-state index contributed by atoms with van der Waals surface area (Å²) in [5.74, 6) is 1.57. The summed E-state index contributed by atoms with van der Waals surface area (Å²) in [6.07, 6.45) is 5.61. The first-order valence-electron chi connectivity index (χ1n) is 14.0. The maximum atomic E-state index is 11.4. The molecule has 7 heteroatoms. The van der Waals surface area contributed by atoms with Gasteiger partial charge in [-0.2, -0.15) is 0 Å². The van der Waals surface area contributed by atoms with Crippen molar-refractivity contribution in [3.63, 3.8) is 0 Å². The quantitative estimate of drug-likeness (QED) is 0.179. The maximum absolute atomic E-state index is 11.4. The van der Waals surface area contributed by atoms with E-state index in [1.165, 1.54) is 18.2 Å². The Balaban J connectivity index is -0.000000240. The molecule has 0 aromatic carbocycles. The standard InChI is InChI=1S/3C11H20O2.Cr/c3*1-8(2)6-9(12)7-10(13)11(3,4)5;/h2*7-8,13H,6H2,1-5H3;7-8,12H,6H2,1-5H3;/b2*10-7-;9-7-;. The fraction of sp³-hybridized carbons (Fsp3) is 0.727.